The molecule has 0 radical (unpaired) electrons. The van der Waals surface area contributed by atoms with Crippen molar-refractivity contribution in [2.45, 2.75) is 70.9 Å². The fraction of sp³-hybridized carbons (Fsp3) is 1.00. The summed E-state index contributed by atoms with van der Waals surface area (Å²) in [5, 5.41) is 3.89. The van der Waals surface area contributed by atoms with E-state index in [1.165, 1.54) is 44.9 Å². The van der Waals surface area contributed by atoms with Crippen LogP contribution in [0, 0.1) is 11.8 Å². The van der Waals surface area contributed by atoms with Crippen LogP contribution in [-0.4, -0.2) is 12.1 Å². The second-order valence-electron chi connectivity index (χ2n) is 5.29. The molecule has 1 nitrogen and oxygen atoms in total. The molecule has 2 aliphatic rings. The molecule has 0 aromatic heterocycles. The molecule has 82 valence electrons. The molecule has 3 unspecified atom stereocenters. The molecule has 1 heteroatoms. The normalized spacial score (nSPS) is 33.0. The van der Waals surface area contributed by atoms with Crippen LogP contribution < -0.4 is 5.32 Å². The lowest BCUT2D eigenvalue weighted by Crippen LogP contribution is -2.33. The summed E-state index contributed by atoms with van der Waals surface area (Å²) in [6.07, 6.45) is 10.00. The van der Waals surface area contributed by atoms with Gasteiger partial charge in [-0.25, -0.2) is 0 Å². The lowest BCUT2D eigenvalue weighted by molar-refractivity contribution is 0.415. The highest BCUT2D eigenvalue weighted by Gasteiger charge is 2.40. The van der Waals surface area contributed by atoms with Gasteiger partial charge in [0.15, 0.2) is 0 Å². The van der Waals surface area contributed by atoms with E-state index in [0.29, 0.717) is 0 Å². The van der Waals surface area contributed by atoms with Gasteiger partial charge in [-0.3, -0.25) is 0 Å². The number of rotatable bonds is 7. The molecule has 0 amide bonds. The fourth-order valence-corrected chi connectivity index (χ4v) is 2.68. The van der Waals surface area contributed by atoms with Crippen LogP contribution in [0.15, 0.2) is 0 Å². The largest absolute Gasteiger partial charge is 0.311 e. The van der Waals surface area contributed by atoms with Gasteiger partial charge in [-0.05, 0) is 43.9 Å². The predicted octanol–water partition coefficient (Wildman–Crippen LogP) is 3.34. The first-order valence-corrected chi connectivity index (χ1v) is 6.61. The molecule has 2 aliphatic carbocycles. The fourth-order valence-electron chi connectivity index (χ4n) is 2.68. The van der Waals surface area contributed by atoms with Crippen molar-refractivity contribution < 1.29 is 0 Å². The van der Waals surface area contributed by atoms with Crippen LogP contribution in [0.4, 0.5) is 0 Å². The Morgan fingerprint density at radius 2 is 2.00 bits per heavy atom. The monoisotopic (exact) mass is 195 g/mol. The van der Waals surface area contributed by atoms with Crippen molar-refractivity contribution in [2.75, 3.05) is 0 Å². The molecule has 14 heavy (non-hydrogen) atoms. The summed E-state index contributed by atoms with van der Waals surface area (Å²) < 4.78 is 0. The maximum absolute atomic E-state index is 3.89. The van der Waals surface area contributed by atoms with Crippen LogP contribution in [0.5, 0.6) is 0 Å². The van der Waals surface area contributed by atoms with Crippen molar-refractivity contribution in [1.82, 2.24) is 5.32 Å². The first kappa shape index (κ1) is 10.5. The third-order valence-electron chi connectivity index (χ3n) is 3.80. The van der Waals surface area contributed by atoms with E-state index in [-0.39, 0.29) is 0 Å². The minimum atomic E-state index is 0.867. The van der Waals surface area contributed by atoms with Crippen molar-refractivity contribution >= 4 is 0 Å². The molecule has 2 rings (SSSR count). The molecule has 2 saturated carbocycles. The Bertz CT molecular complexity index is 174. The van der Waals surface area contributed by atoms with Gasteiger partial charge in [0.1, 0.15) is 0 Å². The van der Waals surface area contributed by atoms with E-state index in [1.807, 2.05) is 0 Å². The first-order chi connectivity index (χ1) is 6.85. The molecule has 0 spiro atoms. The van der Waals surface area contributed by atoms with Crippen LogP contribution in [0.25, 0.3) is 0 Å². The summed E-state index contributed by atoms with van der Waals surface area (Å²) in [4.78, 5) is 0. The summed E-state index contributed by atoms with van der Waals surface area (Å²) in [5.74, 6) is 2.07. The molecule has 0 aromatic rings. The second-order valence-corrected chi connectivity index (χ2v) is 5.29. The van der Waals surface area contributed by atoms with Crippen LogP contribution >= 0.6 is 0 Å². The van der Waals surface area contributed by atoms with E-state index in [1.54, 1.807) is 0 Å². The summed E-state index contributed by atoms with van der Waals surface area (Å²) in [6, 6.07) is 1.76. The summed E-state index contributed by atoms with van der Waals surface area (Å²) in [5.41, 5.74) is 0. The molecular weight excluding hydrogens is 170 g/mol. The van der Waals surface area contributed by atoms with Crippen LogP contribution in [0.1, 0.15) is 58.8 Å². The van der Waals surface area contributed by atoms with E-state index < -0.39 is 0 Å². The molecule has 0 saturated heterocycles. The Morgan fingerprint density at radius 3 is 2.57 bits per heavy atom. The molecule has 2 fully saturated rings. The Hall–Kier alpha value is -0.0400. The van der Waals surface area contributed by atoms with E-state index in [0.717, 1.165) is 23.9 Å². The smallest absolute Gasteiger partial charge is 0.0102 e. The van der Waals surface area contributed by atoms with Crippen molar-refractivity contribution in [3.63, 3.8) is 0 Å². The summed E-state index contributed by atoms with van der Waals surface area (Å²) in [7, 11) is 0. The van der Waals surface area contributed by atoms with Gasteiger partial charge in [-0.1, -0.05) is 26.7 Å². The zero-order valence-electron chi connectivity index (χ0n) is 9.76. The number of nitrogens with one attached hydrogen (secondary N) is 1. The zero-order chi connectivity index (χ0) is 9.97. The molecule has 0 heterocycles. The van der Waals surface area contributed by atoms with Gasteiger partial charge in [-0.2, -0.15) is 0 Å². The van der Waals surface area contributed by atoms with Crippen molar-refractivity contribution in [1.29, 1.82) is 0 Å². The molecule has 3 atom stereocenters. The van der Waals surface area contributed by atoms with Gasteiger partial charge in [0.25, 0.3) is 0 Å². The summed E-state index contributed by atoms with van der Waals surface area (Å²) in [6.45, 7) is 4.62. The Kier molecular flexibility index (Phi) is 3.48. The molecular formula is C13H25N. The van der Waals surface area contributed by atoms with Gasteiger partial charge in [0.05, 0.1) is 0 Å². The van der Waals surface area contributed by atoms with Crippen molar-refractivity contribution in [3.05, 3.63) is 0 Å². The highest BCUT2D eigenvalue weighted by atomic mass is 15.0. The molecule has 0 bridgehead atoms. The molecule has 1 N–H and O–H groups in total. The lowest BCUT2D eigenvalue weighted by atomic mass is 10.1. The van der Waals surface area contributed by atoms with E-state index >= 15 is 0 Å². The van der Waals surface area contributed by atoms with Gasteiger partial charge in [-0.15, -0.1) is 0 Å². The predicted molar refractivity (Wildman–Crippen MR) is 61.4 cm³/mol. The Morgan fingerprint density at radius 1 is 1.21 bits per heavy atom. The number of hydrogen-bond acceptors (Lipinski definition) is 1. The van der Waals surface area contributed by atoms with Crippen molar-refractivity contribution in [2.24, 2.45) is 11.8 Å². The minimum absolute atomic E-state index is 0.867. The molecule has 0 aliphatic heterocycles. The highest BCUT2D eigenvalue weighted by molar-refractivity contribution is 4.97. The van der Waals surface area contributed by atoms with Gasteiger partial charge in [0.2, 0.25) is 0 Å². The topological polar surface area (TPSA) is 12.0 Å². The van der Waals surface area contributed by atoms with E-state index in [4.69, 9.17) is 0 Å². The van der Waals surface area contributed by atoms with E-state index in [9.17, 15) is 0 Å². The maximum atomic E-state index is 3.89. The summed E-state index contributed by atoms with van der Waals surface area (Å²) >= 11 is 0. The second kappa shape index (κ2) is 4.65. The van der Waals surface area contributed by atoms with Gasteiger partial charge >= 0.3 is 0 Å². The minimum Gasteiger partial charge on any atom is -0.311 e. The standard InChI is InChI=1S/C13H25N/c1-3-5-11-9-13(11)14-12(6-4-2)10-7-8-10/h10-14H,3-9H2,1-2H3. The third kappa shape index (κ3) is 2.73. The maximum Gasteiger partial charge on any atom is 0.0102 e. The van der Waals surface area contributed by atoms with Crippen LogP contribution in [0.3, 0.4) is 0 Å². The Balaban J connectivity index is 1.67. The lowest BCUT2D eigenvalue weighted by Gasteiger charge is -2.17. The van der Waals surface area contributed by atoms with Crippen molar-refractivity contribution in [3.8, 4) is 0 Å². The third-order valence-corrected chi connectivity index (χ3v) is 3.80. The van der Waals surface area contributed by atoms with Gasteiger partial charge in [0, 0.05) is 12.1 Å². The van der Waals surface area contributed by atoms with E-state index in [2.05, 4.69) is 19.2 Å². The Labute approximate surface area is 88.7 Å². The molecule has 0 aromatic carbocycles. The average molecular weight is 195 g/mol. The SMILES string of the molecule is CCCC1CC1NC(CCC)C1CC1. The van der Waals surface area contributed by atoms with Crippen LogP contribution in [0.2, 0.25) is 0 Å². The first-order valence-electron chi connectivity index (χ1n) is 6.61. The quantitative estimate of drug-likeness (QED) is 0.657. The number of hydrogen-bond donors (Lipinski definition) is 1. The highest BCUT2D eigenvalue weighted by Crippen LogP contribution is 2.39. The van der Waals surface area contributed by atoms with Gasteiger partial charge < -0.3 is 5.32 Å². The van der Waals surface area contributed by atoms with Crippen LogP contribution in [-0.2, 0) is 0 Å². The average Bonchev–Trinajstić information content (AvgIpc) is 2.98. The zero-order valence-corrected chi connectivity index (χ0v) is 9.76.